The first-order valence-corrected chi connectivity index (χ1v) is 5.90. The highest BCUT2D eigenvalue weighted by Gasteiger charge is 1.77. The number of unbranched alkanes of at least 4 members (excludes halogenated alkanes) is 2. The minimum Gasteiger partial charge on any atom is -0.151 e. The zero-order valence-electron chi connectivity index (χ0n) is 7.22. The normalized spacial score (nSPS) is 8.92. The van der Waals surface area contributed by atoms with Crippen LogP contribution < -0.4 is 0 Å². The Bertz CT molecular complexity index is 157. The molecule has 0 unspecified atom stereocenters. The average molecular weight is 225 g/mol. The second-order valence-corrected chi connectivity index (χ2v) is 3.93. The Kier molecular flexibility index (Phi) is 9.59. The summed E-state index contributed by atoms with van der Waals surface area (Å²) in [5.41, 5.74) is 0. The maximum Gasteiger partial charge on any atom is 0.0512 e. The lowest BCUT2D eigenvalue weighted by Gasteiger charge is -1.84. The van der Waals surface area contributed by atoms with Gasteiger partial charge in [-0.25, -0.2) is 0 Å². The average Bonchev–Trinajstić information content (AvgIpc) is 2.53. The summed E-state index contributed by atoms with van der Waals surface area (Å²) in [6.07, 6.45) is 3.73. The van der Waals surface area contributed by atoms with Crippen LogP contribution >= 0.6 is 34.5 Å². The van der Waals surface area contributed by atoms with Gasteiger partial charge in [0, 0.05) is 11.3 Å². The molecule has 0 N–H and O–H groups in total. The van der Waals surface area contributed by atoms with E-state index in [-0.39, 0.29) is 0 Å². The monoisotopic (exact) mass is 224 g/mol. The fourth-order valence-corrected chi connectivity index (χ4v) is 1.59. The molecule has 0 aliphatic carbocycles. The van der Waals surface area contributed by atoms with Crippen LogP contribution in [0.5, 0.6) is 0 Å². The lowest BCUT2D eigenvalue weighted by molar-refractivity contribution is 0.776. The van der Waals surface area contributed by atoms with E-state index in [9.17, 15) is 0 Å². The molecule has 0 fully saturated rings. The van der Waals surface area contributed by atoms with Crippen LogP contribution in [-0.4, -0.2) is 5.88 Å². The Labute approximate surface area is 88.5 Å². The Balaban J connectivity index is 0.000000202. The van der Waals surface area contributed by atoms with Gasteiger partial charge in [-0.15, -0.1) is 11.6 Å². The fraction of sp³-hybridized carbons (Fsp3) is 0.556. The summed E-state index contributed by atoms with van der Waals surface area (Å²) in [5, 5.41) is 4.67. The van der Waals surface area contributed by atoms with Gasteiger partial charge >= 0.3 is 0 Å². The van der Waals surface area contributed by atoms with Crippen molar-refractivity contribution in [3.05, 3.63) is 21.8 Å². The fourth-order valence-electron chi connectivity index (χ4n) is 0.592. The summed E-state index contributed by atoms with van der Waals surface area (Å²) in [6.45, 7) is 2.17. The summed E-state index contributed by atoms with van der Waals surface area (Å²) in [5.74, 6) is 0.827. The molecule has 1 rings (SSSR count). The van der Waals surface area contributed by atoms with Gasteiger partial charge in [-0.05, 0) is 17.9 Å². The molecule has 0 aliphatic rings. The molecule has 0 spiro atoms. The molecule has 70 valence electrons. The second kappa shape index (κ2) is 9.37. The van der Waals surface area contributed by atoms with E-state index in [4.69, 9.17) is 23.2 Å². The van der Waals surface area contributed by atoms with Gasteiger partial charge in [0.25, 0.3) is 0 Å². The van der Waals surface area contributed by atoms with Crippen molar-refractivity contribution in [3.8, 4) is 0 Å². The summed E-state index contributed by atoms with van der Waals surface area (Å²) in [4.78, 5) is 0. The van der Waals surface area contributed by atoms with Crippen LogP contribution in [-0.2, 0) is 0 Å². The van der Waals surface area contributed by atoms with E-state index in [1.165, 1.54) is 19.3 Å². The Morgan fingerprint density at radius 1 is 1.42 bits per heavy atom. The first-order chi connectivity index (χ1) is 5.81. The maximum atomic E-state index is 5.47. The van der Waals surface area contributed by atoms with E-state index in [0.29, 0.717) is 0 Å². The van der Waals surface area contributed by atoms with Crippen molar-refractivity contribution in [1.82, 2.24) is 0 Å². The van der Waals surface area contributed by atoms with Crippen LogP contribution in [0.3, 0.4) is 0 Å². The third-order valence-electron chi connectivity index (χ3n) is 1.22. The SMILES string of the molecule is CCCCCCl.Clc1ccsc1. The van der Waals surface area contributed by atoms with Crippen molar-refractivity contribution in [2.24, 2.45) is 0 Å². The van der Waals surface area contributed by atoms with Crippen molar-refractivity contribution in [2.75, 3.05) is 5.88 Å². The van der Waals surface area contributed by atoms with Crippen LogP contribution in [0, 0.1) is 0 Å². The van der Waals surface area contributed by atoms with E-state index in [1.807, 2.05) is 16.8 Å². The molecule has 12 heavy (non-hydrogen) atoms. The van der Waals surface area contributed by atoms with Gasteiger partial charge in [0.15, 0.2) is 0 Å². The van der Waals surface area contributed by atoms with Crippen LogP contribution in [0.15, 0.2) is 16.8 Å². The van der Waals surface area contributed by atoms with Crippen molar-refractivity contribution < 1.29 is 0 Å². The van der Waals surface area contributed by atoms with Crippen LogP contribution in [0.2, 0.25) is 5.02 Å². The molecular weight excluding hydrogens is 211 g/mol. The zero-order chi connectivity index (χ0) is 9.23. The second-order valence-electron chi connectivity index (χ2n) is 2.34. The molecule has 3 heteroatoms. The van der Waals surface area contributed by atoms with Crippen LogP contribution in [0.1, 0.15) is 26.2 Å². The molecule has 0 atom stereocenters. The predicted molar refractivity (Wildman–Crippen MR) is 59.6 cm³/mol. The molecule has 0 bridgehead atoms. The maximum absolute atomic E-state index is 5.47. The van der Waals surface area contributed by atoms with Gasteiger partial charge in [0.1, 0.15) is 0 Å². The number of halogens is 2. The highest BCUT2D eigenvalue weighted by atomic mass is 35.5. The Morgan fingerprint density at radius 3 is 2.33 bits per heavy atom. The molecule has 0 amide bonds. The first kappa shape index (κ1) is 12.3. The molecule has 0 aromatic carbocycles. The van der Waals surface area contributed by atoms with Gasteiger partial charge in [0.2, 0.25) is 0 Å². The molecule has 1 aromatic heterocycles. The summed E-state index contributed by atoms with van der Waals surface area (Å²) < 4.78 is 0. The van der Waals surface area contributed by atoms with E-state index < -0.39 is 0 Å². The molecular formula is C9H14Cl2S. The molecule has 1 aromatic rings. The molecule has 0 radical (unpaired) electrons. The van der Waals surface area contributed by atoms with Crippen molar-refractivity contribution in [3.63, 3.8) is 0 Å². The molecule has 0 nitrogen and oxygen atoms in total. The molecule has 0 saturated heterocycles. The summed E-state index contributed by atoms with van der Waals surface area (Å²) in [7, 11) is 0. The summed E-state index contributed by atoms with van der Waals surface area (Å²) >= 11 is 12.5. The summed E-state index contributed by atoms with van der Waals surface area (Å²) in [6, 6.07) is 1.87. The van der Waals surface area contributed by atoms with E-state index in [2.05, 4.69) is 6.92 Å². The van der Waals surface area contributed by atoms with Gasteiger partial charge in [-0.1, -0.05) is 31.4 Å². The zero-order valence-corrected chi connectivity index (χ0v) is 9.55. The molecule has 1 heterocycles. The minimum absolute atomic E-state index is 0.827. The quantitative estimate of drug-likeness (QED) is 0.511. The largest absolute Gasteiger partial charge is 0.151 e. The van der Waals surface area contributed by atoms with Crippen molar-refractivity contribution in [1.29, 1.82) is 0 Å². The standard InChI is InChI=1S/C5H11Cl.C4H3ClS/c1-2-3-4-5-6;5-4-1-2-6-3-4/h2-5H2,1H3;1-3H. The Hall–Kier alpha value is 0.280. The highest BCUT2D eigenvalue weighted by molar-refractivity contribution is 7.08. The highest BCUT2D eigenvalue weighted by Crippen LogP contribution is 2.10. The van der Waals surface area contributed by atoms with E-state index in [0.717, 1.165) is 10.9 Å². The van der Waals surface area contributed by atoms with Crippen LogP contribution in [0.4, 0.5) is 0 Å². The Morgan fingerprint density at radius 2 is 2.17 bits per heavy atom. The van der Waals surface area contributed by atoms with Gasteiger partial charge in [-0.3, -0.25) is 0 Å². The molecule has 0 aliphatic heterocycles. The van der Waals surface area contributed by atoms with Crippen molar-refractivity contribution in [2.45, 2.75) is 26.2 Å². The lowest BCUT2D eigenvalue weighted by atomic mass is 10.3. The number of alkyl halides is 1. The smallest absolute Gasteiger partial charge is 0.0512 e. The van der Waals surface area contributed by atoms with Crippen LogP contribution in [0.25, 0.3) is 0 Å². The number of thiophene rings is 1. The lowest BCUT2D eigenvalue weighted by Crippen LogP contribution is -1.70. The number of hydrogen-bond donors (Lipinski definition) is 0. The van der Waals surface area contributed by atoms with Crippen molar-refractivity contribution >= 4 is 34.5 Å². The van der Waals surface area contributed by atoms with E-state index >= 15 is 0 Å². The van der Waals surface area contributed by atoms with Gasteiger partial charge in [0.05, 0.1) is 5.02 Å². The first-order valence-electron chi connectivity index (χ1n) is 4.05. The third kappa shape index (κ3) is 8.38. The topological polar surface area (TPSA) is 0 Å². The van der Waals surface area contributed by atoms with E-state index in [1.54, 1.807) is 11.3 Å². The predicted octanol–water partition coefficient (Wildman–Crippen LogP) is 4.82. The van der Waals surface area contributed by atoms with Gasteiger partial charge in [-0.2, -0.15) is 11.3 Å². The third-order valence-corrected chi connectivity index (χ3v) is 2.54. The number of hydrogen-bond acceptors (Lipinski definition) is 1. The molecule has 0 saturated carbocycles. The van der Waals surface area contributed by atoms with Gasteiger partial charge < -0.3 is 0 Å². The minimum atomic E-state index is 0.827. The number of rotatable bonds is 3.